The minimum Gasteiger partial charge on any atom is -0.206 e. The Bertz CT molecular complexity index is 415. The molecule has 1 rings (SSSR count). The van der Waals surface area contributed by atoms with Crippen molar-refractivity contribution in [3.63, 3.8) is 0 Å². The van der Waals surface area contributed by atoms with E-state index in [-0.39, 0.29) is 17.5 Å². The Kier molecular flexibility index (Phi) is 2.98. The maximum atomic E-state index is 13.3. The molecule has 0 bridgehead atoms. The quantitative estimate of drug-likeness (QED) is 0.662. The first-order chi connectivity index (χ1) is 6.88. The summed E-state index contributed by atoms with van der Waals surface area (Å²) in [5, 5.41) is 8.31. The molecule has 0 saturated heterocycles. The van der Waals surface area contributed by atoms with E-state index in [2.05, 4.69) is 0 Å². The minimum atomic E-state index is -4.72. The molecule has 80 valence electrons. The lowest BCUT2D eigenvalue weighted by molar-refractivity contribution is -0.140. The predicted molar refractivity (Wildman–Crippen MR) is 45.5 cm³/mol. The zero-order chi connectivity index (χ0) is 11.6. The summed E-state index contributed by atoms with van der Waals surface area (Å²) in [4.78, 5) is 0. The van der Waals surface area contributed by atoms with Gasteiger partial charge in [0.25, 0.3) is 0 Å². The van der Waals surface area contributed by atoms with Crippen LogP contribution in [0.2, 0.25) is 0 Å². The molecule has 1 aromatic rings. The van der Waals surface area contributed by atoms with Crippen molar-refractivity contribution in [1.29, 1.82) is 5.26 Å². The fourth-order valence-electron chi connectivity index (χ4n) is 1.29. The zero-order valence-corrected chi connectivity index (χ0v) is 7.82. The molecule has 0 atom stereocenters. The average molecular weight is 217 g/mol. The highest BCUT2D eigenvalue weighted by Crippen LogP contribution is 2.35. The van der Waals surface area contributed by atoms with Crippen molar-refractivity contribution >= 4 is 0 Å². The summed E-state index contributed by atoms with van der Waals surface area (Å²) in [6, 6.07) is 3.98. The normalized spacial score (nSPS) is 11.2. The predicted octanol–water partition coefficient (Wildman–Crippen LogP) is 3.22. The lowest BCUT2D eigenvalue weighted by Gasteiger charge is -2.12. The Balaban J connectivity index is 3.38. The first kappa shape index (κ1) is 11.5. The van der Waals surface area contributed by atoms with Crippen molar-refractivity contribution < 1.29 is 17.6 Å². The first-order valence-electron chi connectivity index (χ1n) is 4.10. The molecule has 0 amide bonds. The number of hydrogen-bond donors (Lipinski definition) is 0. The molecular formula is C10H7F4N. The average Bonchev–Trinajstić information content (AvgIpc) is 2.08. The van der Waals surface area contributed by atoms with Gasteiger partial charge in [-0.25, -0.2) is 4.39 Å². The van der Waals surface area contributed by atoms with Crippen LogP contribution in [0, 0.1) is 24.1 Å². The van der Waals surface area contributed by atoms with E-state index < -0.39 is 17.6 Å². The molecule has 0 heterocycles. The third kappa shape index (κ3) is 2.27. The molecule has 0 unspecified atom stereocenters. The Hall–Kier alpha value is -1.57. The number of rotatable bonds is 1. The minimum absolute atomic E-state index is 0.179. The van der Waals surface area contributed by atoms with Crippen LogP contribution in [0.1, 0.15) is 16.7 Å². The Morgan fingerprint density at radius 1 is 1.33 bits per heavy atom. The molecule has 0 N–H and O–H groups in total. The standard InChI is InChI=1S/C10H7F4N/c1-6-2-3-7(4-5-15)9(11)8(6)10(12,13)14/h2-3H,4H2,1H3. The lowest BCUT2D eigenvalue weighted by Crippen LogP contribution is -2.12. The molecule has 0 spiro atoms. The van der Waals surface area contributed by atoms with Gasteiger partial charge in [0, 0.05) is 5.56 Å². The second-order valence-corrected chi connectivity index (χ2v) is 3.06. The van der Waals surface area contributed by atoms with Crippen LogP contribution in [-0.4, -0.2) is 0 Å². The van der Waals surface area contributed by atoms with E-state index in [1.165, 1.54) is 19.1 Å². The van der Waals surface area contributed by atoms with E-state index in [9.17, 15) is 17.6 Å². The van der Waals surface area contributed by atoms with Crippen molar-refractivity contribution in [1.82, 2.24) is 0 Å². The Labute approximate surface area is 83.9 Å². The summed E-state index contributed by atoms with van der Waals surface area (Å²) in [6.07, 6.45) is -5.09. The van der Waals surface area contributed by atoms with Crippen LogP contribution in [0.5, 0.6) is 0 Å². The van der Waals surface area contributed by atoms with Gasteiger partial charge in [-0.15, -0.1) is 0 Å². The monoisotopic (exact) mass is 217 g/mol. The van der Waals surface area contributed by atoms with Gasteiger partial charge < -0.3 is 0 Å². The molecule has 0 aliphatic carbocycles. The van der Waals surface area contributed by atoms with Crippen molar-refractivity contribution in [2.75, 3.05) is 0 Å². The number of alkyl halides is 3. The number of nitriles is 1. The summed E-state index contributed by atoms with van der Waals surface area (Å²) in [6.45, 7) is 1.18. The Morgan fingerprint density at radius 2 is 1.93 bits per heavy atom. The first-order valence-corrected chi connectivity index (χ1v) is 4.10. The van der Waals surface area contributed by atoms with Crippen LogP contribution in [0.3, 0.4) is 0 Å². The molecule has 1 nitrogen and oxygen atoms in total. The maximum Gasteiger partial charge on any atom is 0.419 e. The van der Waals surface area contributed by atoms with Crippen molar-refractivity contribution in [3.05, 3.63) is 34.6 Å². The summed E-state index contributed by atoms with van der Waals surface area (Å²) in [7, 11) is 0. The third-order valence-corrected chi connectivity index (χ3v) is 1.98. The molecule has 0 fully saturated rings. The molecule has 5 heteroatoms. The van der Waals surface area contributed by atoms with E-state index in [0.717, 1.165) is 0 Å². The number of aryl methyl sites for hydroxylation is 1. The molecule has 15 heavy (non-hydrogen) atoms. The van der Waals surface area contributed by atoms with Crippen LogP contribution in [0.15, 0.2) is 12.1 Å². The number of halogens is 4. The van der Waals surface area contributed by atoms with E-state index in [1.54, 1.807) is 6.07 Å². The van der Waals surface area contributed by atoms with Gasteiger partial charge in [-0.3, -0.25) is 0 Å². The van der Waals surface area contributed by atoms with Crippen molar-refractivity contribution in [2.45, 2.75) is 19.5 Å². The highest BCUT2D eigenvalue weighted by Gasteiger charge is 2.36. The van der Waals surface area contributed by atoms with Crippen LogP contribution < -0.4 is 0 Å². The molecule has 0 aromatic heterocycles. The molecule has 0 saturated carbocycles. The van der Waals surface area contributed by atoms with Crippen molar-refractivity contribution in [2.24, 2.45) is 0 Å². The van der Waals surface area contributed by atoms with Crippen LogP contribution >= 0.6 is 0 Å². The van der Waals surface area contributed by atoms with Gasteiger partial charge in [-0.05, 0) is 12.5 Å². The zero-order valence-electron chi connectivity index (χ0n) is 7.82. The van der Waals surface area contributed by atoms with Crippen LogP contribution in [-0.2, 0) is 12.6 Å². The van der Waals surface area contributed by atoms with Crippen LogP contribution in [0.25, 0.3) is 0 Å². The van der Waals surface area contributed by atoms with E-state index in [1.807, 2.05) is 0 Å². The summed E-state index contributed by atoms with van der Waals surface area (Å²) >= 11 is 0. The summed E-state index contributed by atoms with van der Waals surface area (Å²) < 4.78 is 50.6. The fourth-order valence-corrected chi connectivity index (χ4v) is 1.29. The van der Waals surface area contributed by atoms with Gasteiger partial charge in [0.1, 0.15) is 5.82 Å². The maximum absolute atomic E-state index is 13.3. The molecule has 0 aliphatic rings. The van der Waals surface area contributed by atoms with Gasteiger partial charge >= 0.3 is 6.18 Å². The van der Waals surface area contributed by atoms with E-state index >= 15 is 0 Å². The second-order valence-electron chi connectivity index (χ2n) is 3.06. The third-order valence-electron chi connectivity index (χ3n) is 1.98. The van der Waals surface area contributed by atoms with E-state index in [4.69, 9.17) is 5.26 Å². The second kappa shape index (κ2) is 3.89. The largest absolute Gasteiger partial charge is 0.419 e. The van der Waals surface area contributed by atoms with E-state index in [0.29, 0.717) is 0 Å². The molecule has 1 aromatic carbocycles. The van der Waals surface area contributed by atoms with Crippen molar-refractivity contribution in [3.8, 4) is 6.07 Å². The summed E-state index contributed by atoms with van der Waals surface area (Å²) in [5.74, 6) is -1.34. The van der Waals surface area contributed by atoms with Gasteiger partial charge in [0.15, 0.2) is 0 Å². The number of hydrogen-bond acceptors (Lipinski definition) is 1. The number of benzene rings is 1. The highest BCUT2D eigenvalue weighted by atomic mass is 19.4. The highest BCUT2D eigenvalue weighted by molar-refractivity contribution is 5.36. The fraction of sp³-hybridized carbons (Fsp3) is 0.300. The van der Waals surface area contributed by atoms with Crippen LogP contribution in [0.4, 0.5) is 17.6 Å². The molecule has 0 aliphatic heterocycles. The SMILES string of the molecule is Cc1ccc(CC#N)c(F)c1C(F)(F)F. The topological polar surface area (TPSA) is 23.8 Å². The Morgan fingerprint density at radius 3 is 2.40 bits per heavy atom. The number of nitrogens with zero attached hydrogens (tertiary/aromatic N) is 1. The smallest absolute Gasteiger partial charge is 0.206 e. The molecule has 0 radical (unpaired) electrons. The summed E-state index contributed by atoms with van der Waals surface area (Å²) in [5.41, 5.74) is -1.69. The molecular weight excluding hydrogens is 210 g/mol. The van der Waals surface area contributed by atoms with Gasteiger partial charge in [0.05, 0.1) is 18.1 Å². The lowest BCUT2D eigenvalue weighted by atomic mass is 10.0. The van der Waals surface area contributed by atoms with Gasteiger partial charge in [-0.1, -0.05) is 12.1 Å². The van der Waals surface area contributed by atoms with Gasteiger partial charge in [0.2, 0.25) is 0 Å². The van der Waals surface area contributed by atoms with Gasteiger partial charge in [-0.2, -0.15) is 18.4 Å².